The van der Waals surface area contributed by atoms with Gasteiger partial charge in [-0.05, 0) is 44.5 Å². The molecule has 0 unspecified atom stereocenters. The second kappa shape index (κ2) is 8.40. The molecule has 0 fully saturated rings. The lowest BCUT2D eigenvalue weighted by molar-refractivity contribution is 1.08. The molecule has 6 aromatic carbocycles. The van der Waals surface area contributed by atoms with Crippen molar-refractivity contribution in [2.45, 2.75) is 0 Å². The minimum absolute atomic E-state index is 0.668. The first-order valence-corrected chi connectivity index (χ1v) is 12.0. The Morgan fingerprint density at radius 1 is 0.333 bits per heavy atom. The second-order valence-electron chi connectivity index (χ2n) is 8.96. The van der Waals surface area contributed by atoms with Gasteiger partial charge in [0.05, 0.1) is 0 Å². The fraction of sp³-hybridized carbons (Fsp3) is 0. The molecule has 36 heavy (non-hydrogen) atoms. The maximum atomic E-state index is 5.00. The van der Waals surface area contributed by atoms with Crippen LogP contribution in [-0.2, 0) is 0 Å². The molecule has 3 nitrogen and oxygen atoms in total. The highest BCUT2D eigenvalue weighted by molar-refractivity contribution is 5.95. The first-order chi connectivity index (χ1) is 17.8. The smallest absolute Gasteiger partial charge is 0.164 e. The molecule has 7 rings (SSSR count). The highest BCUT2D eigenvalue weighted by Gasteiger charge is 2.14. The second-order valence-corrected chi connectivity index (χ2v) is 8.96. The van der Waals surface area contributed by atoms with E-state index in [-0.39, 0.29) is 0 Å². The average Bonchev–Trinajstić information content (AvgIpc) is 2.96. The number of nitrogens with zero attached hydrogens (tertiary/aromatic N) is 3. The molecule has 1 heterocycles. The van der Waals surface area contributed by atoms with Crippen molar-refractivity contribution in [2.24, 2.45) is 0 Å². The topological polar surface area (TPSA) is 38.7 Å². The van der Waals surface area contributed by atoms with Crippen molar-refractivity contribution in [3.05, 3.63) is 127 Å². The molecular weight excluding hydrogens is 438 g/mol. The van der Waals surface area contributed by atoms with Gasteiger partial charge in [0.1, 0.15) is 0 Å². The maximum absolute atomic E-state index is 5.00. The summed E-state index contributed by atoms with van der Waals surface area (Å²) < 4.78 is 0. The summed E-state index contributed by atoms with van der Waals surface area (Å²) in [5.74, 6) is 2.01. The molecular formula is C33H21N3. The number of aromatic nitrogens is 3. The van der Waals surface area contributed by atoms with E-state index >= 15 is 0 Å². The minimum Gasteiger partial charge on any atom is -0.208 e. The van der Waals surface area contributed by atoms with Gasteiger partial charge >= 0.3 is 0 Å². The van der Waals surface area contributed by atoms with Crippen LogP contribution in [0.3, 0.4) is 0 Å². The van der Waals surface area contributed by atoms with E-state index < -0.39 is 0 Å². The van der Waals surface area contributed by atoms with Gasteiger partial charge in [-0.3, -0.25) is 0 Å². The maximum Gasteiger partial charge on any atom is 0.164 e. The molecule has 0 bridgehead atoms. The third-order valence-electron chi connectivity index (χ3n) is 6.68. The molecule has 0 aliphatic rings. The molecule has 0 atom stereocenters. The molecule has 0 saturated heterocycles. The van der Waals surface area contributed by atoms with E-state index in [4.69, 9.17) is 15.0 Å². The van der Waals surface area contributed by atoms with Gasteiger partial charge in [0.25, 0.3) is 0 Å². The average molecular weight is 460 g/mol. The molecule has 0 aliphatic heterocycles. The van der Waals surface area contributed by atoms with Crippen LogP contribution in [0.4, 0.5) is 0 Å². The summed E-state index contributed by atoms with van der Waals surface area (Å²) in [6, 6.07) is 44.1. The van der Waals surface area contributed by atoms with Gasteiger partial charge in [0.2, 0.25) is 0 Å². The van der Waals surface area contributed by atoms with Gasteiger partial charge in [0.15, 0.2) is 17.5 Å². The summed E-state index contributed by atoms with van der Waals surface area (Å²) >= 11 is 0. The lowest BCUT2D eigenvalue weighted by Gasteiger charge is -2.11. The van der Waals surface area contributed by atoms with Crippen LogP contribution in [-0.4, -0.2) is 15.0 Å². The van der Waals surface area contributed by atoms with Crippen molar-refractivity contribution in [1.29, 1.82) is 0 Å². The van der Waals surface area contributed by atoms with Crippen molar-refractivity contribution in [3.63, 3.8) is 0 Å². The lowest BCUT2D eigenvalue weighted by atomic mass is 10.0. The summed E-state index contributed by atoms with van der Waals surface area (Å²) in [5, 5.41) is 7.00. The molecule has 0 radical (unpaired) electrons. The fourth-order valence-corrected chi connectivity index (χ4v) is 4.83. The van der Waals surface area contributed by atoms with Crippen molar-refractivity contribution in [2.75, 3.05) is 0 Å². The molecule has 7 aromatic rings. The highest BCUT2D eigenvalue weighted by atomic mass is 15.0. The Bertz CT molecular complexity index is 1800. The van der Waals surface area contributed by atoms with Crippen LogP contribution in [0.1, 0.15) is 0 Å². The van der Waals surface area contributed by atoms with Crippen molar-refractivity contribution in [3.8, 4) is 34.2 Å². The standard InChI is InChI=1S/C33H21N3/c1-3-11-25-20-27(18-16-22(25)8-1)31-34-32(28-19-17-23-9-2-4-12-26(23)21-28)36-33(35-31)30-15-7-13-24-10-5-6-14-29(24)30/h1-21H. The monoisotopic (exact) mass is 459 g/mol. The van der Waals surface area contributed by atoms with Crippen LogP contribution in [0, 0.1) is 0 Å². The van der Waals surface area contributed by atoms with E-state index in [0.29, 0.717) is 17.5 Å². The van der Waals surface area contributed by atoms with Crippen molar-refractivity contribution < 1.29 is 0 Å². The molecule has 1 aromatic heterocycles. The zero-order valence-electron chi connectivity index (χ0n) is 19.5. The van der Waals surface area contributed by atoms with Crippen LogP contribution >= 0.6 is 0 Å². The normalized spacial score (nSPS) is 11.3. The third kappa shape index (κ3) is 3.58. The van der Waals surface area contributed by atoms with Crippen molar-refractivity contribution in [1.82, 2.24) is 15.0 Å². The fourth-order valence-electron chi connectivity index (χ4n) is 4.83. The number of rotatable bonds is 3. The van der Waals surface area contributed by atoms with Crippen LogP contribution in [0.25, 0.3) is 66.5 Å². The summed E-state index contributed by atoms with van der Waals surface area (Å²) in [7, 11) is 0. The number of benzene rings is 6. The summed E-state index contributed by atoms with van der Waals surface area (Å²) in [4.78, 5) is 15.0. The van der Waals surface area contributed by atoms with E-state index in [1.165, 1.54) is 10.8 Å². The van der Waals surface area contributed by atoms with E-state index in [1.807, 2.05) is 0 Å². The van der Waals surface area contributed by atoms with Gasteiger partial charge in [-0.25, -0.2) is 15.0 Å². The predicted octanol–water partition coefficient (Wildman–Crippen LogP) is 8.33. The van der Waals surface area contributed by atoms with Crippen molar-refractivity contribution >= 4 is 32.3 Å². The Kier molecular flexibility index (Phi) is 4.78. The molecule has 0 aliphatic carbocycles. The third-order valence-corrected chi connectivity index (χ3v) is 6.68. The molecule has 168 valence electrons. The molecule has 0 N–H and O–H groups in total. The first-order valence-electron chi connectivity index (χ1n) is 12.0. The zero-order chi connectivity index (χ0) is 23.9. The van der Waals surface area contributed by atoms with Crippen LogP contribution in [0.2, 0.25) is 0 Å². The van der Waals surface area contributed by atoms with E-state index in [0.717, 1.165) is 38.2 Å². The Morgan fingerprint density at radius 3 is 1.42 bits per heavy atom. The number of hydrogen-bond donors (Lipinski definition) is 0. The summed E-state index contributed by atoms with van der Waals surface area (Å²) in [6.07, 6.45) is 0. The van der Waals surface area contributed by atoms with Gasteiger partial charge in [-0.1, -0.05) is 115 Å². The van der Waals surface area contributed by atoms with Gasteiger partial charge in [-0.15, -0.1) is 0 Å². The van der Waals surface area contributed by atoms with Gasteiger partial charge < -0.3 is 0 Å². The largest absolute Gasteiger partial charge is 0.208 e. The highest BCUT2D eigenvalue weighted by Crippen LogP contribution is 2.31. The van der Waals surface area contributed by atoms with E-state index in [1.54, 1.807) is 0 Å². The van der Waals surface area contributed by atoms with Gasteiger partial charge in [-0.2, -0.15) is 0 Å². The van der Waals surface area contributed by atoms with E-state index in [9.17, 15) is 0 Å². The summed E-state index contributed by atoms with van der Waals surface area (Å²) in [5.41, 5.74) is 2.94. The molecule has 0 spiro atoms. The van der Waals surface area contributed by atoms with E-state index in [2.05, 4.69) is 127 Å². The first kappa shape index (κ1) is 20.5. The van der Waals surface area contributed by atoms with Crippen LogP contribution < -0.4 is 0 Å². The van der Waals surface area contributed by atoms with Crippen LogP contribution in [0.5, 0.6) is 0 Å². The molecule has 0 amide bonds. The Balaban J connectivity index is 1.48. The van der Waals surface area contributed by atoms with Crippen LogP contribution in [0.15, 0.2) is 127 Å². The minimum atomic E-state index is 0.668. The Morgan fingerprint density at radius 2 is 0.806 bits per heavy atom. The quantitative estimate of drug-likeness (QED) is 0.267. The molecule has 0 saturated carbocycles. The lowest BCUT2D eigenvalue weighted by Crippen LogP contribution is -2.00. The Hall–Kier alpha value is -4.89. The number of hydrogen-bond acceptors (Lipinski definition) is 3. The zero-order valence-corrected chi connectivity index (χ0v) is 19.5. The Labute approximate surface area is 208 Å². The van der Waals surface area contributed by atoms with Gasteiger partial charge in [0, 0.05) is 16.7 Å². The molecule has 3 heteroatoms. The summed E-state index contributed by atoms with van der Waals surface area (Å²) in [6.45, 7) is 0. The number of fused-ring (bicyclic) bond motifs is 3. The SMILES string of the molecule is c1ccc2cc(-c3nc(-c4ccc5ccccc5c4)nc(-c4cccc5ccccc45)n3)ccc2c1. The predicted molar refractivity (Wildman–Crippen MR) is 149 cm³/mol.